The first-order valence-corrected chi connectivity index (χ1v) is 5.02. The molecule has 1 unspecified atom stereocenters. The number of hydrogen-bond acceptors (Lipinski definition) is 3. The molecule has 0 aliphatic heterocycles. The van der Waals surface area contributed by atoms with Crippen molar-refractivity contribution in [3.05, 3.63) is 36.1 Å². The van der Waals surface area contributed by atoms with Gasteiger partial charge >= 0.3 is 0 Å². The number of nitrogens with one attached hydrogen (secondary N) is 1. The maximum Gasteiger partial charge on any atom is 0.217 e. The molecule has 4 heteroatoms. The zero-order valence-corrected chi connectivity index (χ0v) is 8.87. The van der Waals surface area contributed by atoms with Crippen molar-refractivity contribution in [3.63, 3.8) is 0 Å². The molecule has 0 spiro atoms. The number of ketones is 1. The van der Waals surface area contributed by atoms with E-state index < -0.39 is 12.7 Å². The van der Waals surface area contributed by atoms with E-state index in [1.807, 2.05) is 18.2 Å². The molecule has 0 radical (unpaired) electrons. The Bertz CT molecular complexity index is 469. The van der Waals surface area contributed by atoms with Crippen molar-refractivity contribution in [2.75, 3.05) is 13.7 Å². The number of benzene rings is 1. The molecule has 0 aliphatic rings. The van der Waals surface area contributed by atoms with E-state index in [4.69, 9.17) is 4.42 Å². The Morgan fingerprint density at radius 2 is 2.25 bits per heavy atom. The van der Waals surface area contributed by atoms with Gasteiger partial charge in [0.2, 0.25) is 5.78 Å². The van der Waals surface area contributed by atoms with Crippen molar-refractivity contribution < 1.29 is 13.6 Å². The number of fused-ring (bicyclic) bond motifs is 1. The SMILES string of the molecule is CNC(CF)C(=O)c1cc2ccccc2o1. The number of hydrogen-bond donors (Lipinski definition) is 1. The van der Waals surface area contributed by atoms with Crippen LogP contribution in [0.2, 0.25) is 0 Å². The third-order valence-electron chi connectivity index (χ3n) is 2.49. The minimum Gasteiger partial charge on any atom is -0.453 e. The second-order valence-electron chi connectivity index (χ2n) is 3.51. The van der Waals surface area contributed by atoms with Gasteiger partial charge in [0.15, 0.2) is 5.76 Å². The number of rotatable bonds is 4. The van der Waals surface area contributed by atoms with Gasteiger partial charge in [-0.15, -0.1) is 0 Å². The van der Waals surface area contributed by atoms with Crippen LogP contribution in [0.4, 0.5) is 4.39 Å². The average Bonchev–Trinajstić information content (AvgIpc) is 2.74. The van der Waals surface area contributed by atoms with Gasteiger partial charge in [-0.25, -0.2) is 4.39 Å². The molecule has 0 bridgehead atoms. The van der Waals surface area contributed by atoms with E-state index in [-0.39, 0.29) is 11.5 Å². The Morgan fingerprint density at radius 1 is 1.50 bits per heavy atom. The van der Waals surface area contributed by atoms with Gasteiger partial charge in [0.05, 0.1) is 0 Å². The topological polar surface area (TPSA) is 42.2 Å². The summed E-state index contributed by atoms with van der Waals surface area (Å²) < 4.78 is 17.9. The number of furan rings is 1. The highest BCUT2D eigenvalue weighted by Gasteiger charge is 2.21. The molecule has 2 aromatic rings. The lowest BCUT2D eigenvalue weighted by molar-refractivity contribution is 0.0907. The number of carbonyl (C=O) groups excluding carboxylic acids is 1. The minimum atomic E-state index is -0.833. The first-order valence-electron chi connectivity index (χ1n) is 5.02. The summed E-state index contributed by atoms with van der Waals surface area (Å²) in [6.07, 6.45) is 0. The van der Waals surface area contributed by atoms with E-state index in [0.29, 0.717) is 5.58 Å². The highest BCUT2D eigenvalue weighted by Crippen LogP contribution is 2.19. The Hall–Kier alpha value is -1.68. The molecule has 0 saturated carbocycles. The van der Waals surface area contributed by atoms with Crippen LogP contribution in [0, 0.1) is 0 Å². The quantitative estimate of drug-likeness (QED) is 0.804. The lowest BCUT2D eigenvalue weighted by atomic mass is 10.1. The third kappa shape index (κ3) is 1.84. The van der Waals surface area contributed by atoms with Crippen molar-refractivity contribution >= 4 is 16.8 Å². The van der Waals surface area contributed by atoms with Crippen LogP contribution in [0.3, 0.4) is 0 Å². The average molecular weight is 221 g/mol. The molecule has 3 nitrogen and oxygen atoms in total. The number of Topliss-reactive ketones (excluding diaryl/α,β-unsaturated/α-hetero) is 1. The van der Waals surface area contributed by atoms with E-state index >= 15 is 0 Å². The number of para-hydroxylation sites is 1. The van der Waals surface area contributed by atoms with Crippen LogP contribution in [0.5, 0.6) is 0 Å². The van der Waals surface area contributed by atoms with Crippen LogP contribution < -0.4 is 5.32 Å². The zero-order valence-electron chi connectivity index (χ0n) is 8.87. The standard InChI is InChI=1S/C12H12FNO2/c1-14-9(7-13)12(15)11-6-8-4-2-3-5-10(8)16-11/h2-6,9,14H,7H2,1H3. The van der Waals surface area contributed by atoms with Crippen molar-refractivity contribution in [3.8, 4) is 0 Å². The van der Waals surface area contributed by atoms with Gasteiger partial charge in [-0.1, -0.05) is 18.2 Å². The Morgan fingerprint density at radius 3 is 2.88 bits per heavy atom. The number of alkyl halides is 1. The molecule has 1 aromatic carbocycles. The number of halogens is 1. The summed E-state index contributed by atoms with van der Waals surface area (Å²) in [7, 11) is 1.55. The summed E-state index contributed by atoms with van der Waals surface area (Å²) in [5.74, 6) is -0.167. The van der Waals surface area contributed by atoms with Crippen molar-refractivity contribution in [1.29, 1.82) is 0 Å². The fourth-order valence-corrected chi connectivity index (χ4v) is 1.55. The Balaban J connectivity index is 2.36. The van der Waals surface area contributed by atoms with Crippen LogP contribution in [-0.4, -0.2) is 25.5 Å². The molecule has 1 N–H and O–H groups in total. The summed E-state index contributed by atoms with van der Waals surface area (Å²) in [4.78, 5) is 11.8. The zero-order chi connectivity index (χ0) is 11.5. The van der Waals surface area contributed by atoms with Crippen molar-refractivity contribution in [1.82, 2.24) is 5.32 Å². The summed E-state index contributed by atoms with van der Waals surface area (Å²) in [5, 5.41) is 3.46. The summed E-state index contributed by atoms with van der Waals surface area (Å²) in [5.41, 5.74) is 0.638. The summed E-state index contributed by atoms with van der Waals surface area (Å²) >= 11 is 0. The fraction of sp³-hybridized carbons (Fsp3) is 0.250. The van der Waals surface area contributed by atoms with Crippen molar-refractivity contribution in [2.24, 2.45) is 0 Å². The van der Waals surface area contributed by atoms with Gasteiger partial charge in [0.25, 0.3) is 0 Å². The van der Waals surface area contributed by atoms with Crippen LogP contribution in [0.25, 0.3) is 11.0 Å². The predicted octanol–water partition coefficient (Wildman–Crippen LogP) is 2.17. The monoisotopic (exact) mass is 221 g/mol. The molecule has 0 aliphatic carbocycles. The molecule has 0 saturated heterocycles. The molecule has 1 aromatic heterocycles. The molecule has 0 fully saturated rings. The van der Waals surface area contributed by atoms with Gasteiger partial charge < -0.3 is 9.73 Å². The van der Waals surface area contributed by atoms with Crippen LogP contribution in [-0.2, 0) is 0 Å². The van der Waals surface area contributed by atoms with Crippen LogP contribution in [0.15, 0.2) is 34.7 Å². The van der Waals surface area contributed by atoms with Gasteiger partial charge in [0, 0.05) is 5.39 Å². The van der Waals surface area contributed by atoms with E-state index in [0.717, 1.165) is 5.39 Å². The lowest BCUT2D eigenvalue weighted by Crippen LogP contribution is -2.35. The first kappa shape index (κ1) is 10.8. The van der Waals surface area contributed by atoms with Crippen LogP contribution >= 0.6 is 0 Å². The minimum absolute atomic E-state index is 0.193. The molecule has 0 amide bonds. The van der Waals surface area contributed by atoms with E-state index in [9.17, 15) is 9.18 Å². The largest absolute Gasteiger partial charge is 0.453 e. The molecule has 1 heterocycles. The van der Waals surface area contributed by atoms with Crippen molar-refractivity contribution in [2.45, 2.75) is 6.04 Å². The molecule has 2 rings (SSSR count). The van der Waals surface area contributed by atoms with E-state index in [2.05, 4.69) is 5.32 Å². The maximum atomic E-state index is 12.5. The Labute approximate surface area is 92.2 Å². The number of carbonyl (C=O) groups is 1. The number of likely N-dealkylation sites (N-methyl/N-ethyl adjacent to an activating group) is 1. The lowest BCUT2D eigenvalue weighted by Gasteiger charge is -2.07. The fourth-order valence-electron chi connectivity index (χ4n) is 1.55. The van der Waals surface area contributed by atoms with Crippen LogP contribution in [0.1, 0.15) is 10.6 Å². The van der Waals surface area contributed by atoms with Gasteiger partial charge in [-0.2, -0.15) is 0 Å². The Kier molecular flexibility index (Phi) is 3.01. The summed E-state index contributed by atoms with van der Waals surface area (Å²) in [6.45, 7) is -0.744. The summed E-state index contributed by atoms with van der Waals surface area (Å²) in [6, 6.07) is 8.11. The second-order valence-corrected chi connectivity index (χ2v) is 3.51. The van der Waals surface area contributed by atoms with Gasteiger partial charge in [-0.3, -0.25) is 4.79 Å². The molecule has 1 atom stereocenters. The van der Waals surface area contributed by atoms with E-state index in [1.54, 1.807) is 19.2 Å². The molecule has 84 valence electrons. The highest BCUT2D eigenvalue weighted by atomic mass is 19.1. The molecular formula is C12H12FNO2. The molecule has 16 heavy (non-hydrogen) atoms. The smallest absolute Gasteiger partial charge is 0.217 e. The highest BCUT2D eigenvalue weighted by molar-refractivity contribution is 6.01. The normalized spacial score (nSPS) is 12.9. The van der Waals surface area contributed by atoms with Gasteiger partial charge in [-0.05, 0) is 19.2 Å². The first-order chi connectivity index (χ1) is 7.76. The molecular weight excluding hydrogens is 209 g/mol. The van der Waals surface area contributed by atoms with Gasteiger partial charge in [0.1, 0.15) is 18.3 Å². The third-order valence-corrected chi connectivity index (χ3v) is 2.49. The maximum absolute atomic E-state index is 12.5. The predicted molar refractivity (Wildman–Crippen MR) is 59.4 cm³/mol. The second kappa shape index (κ2) is 4.45. The van der Waals surface area contributed by atoms with E-state index in [1.165, 1.54) is 0 Å².